The zero-order chi connectivity index (χ0) is 15.5. The second-order valence-corrected chi connectivity index (χ2v) is 5.64. The van der Waals surface area contributed by atoms with Gasteiger partial charge in [-0.3, -0.25) is 0 Å². The molecule has 4 nitrogen and oxygen atoms in total. The molecule has 1 aromatic heterocycles. The Bertz CT molecular complexity index is 850. The van der Waals surface area contributed by atoms with Gasteiger partial charge in [0, 0.05) is 10.4 Å². The molecule has 0 spiro atoms. The molecule has 22 heavy (non-hydrogen) atoms. The lowest BCUT2D eigenvalue weighted by Crippen LogP contribution is -1.92. The Morgan fingerprint density at radius 1 is 1.05 bits per heavy atom. The summed E-state index contributed by atoms with van der Waals surface area (Å²) in [7, 11) is 3.17. The summed E-state index contributed by atoms with van der Waals surface area (Å²) in [5, 5.41) is 14.5. The van der Waals surface area contributed by atoms with E-state index in [1.807, 2.05) is 42.5 Å². The van der Waals surface area contributed by atoms with Crippen LogP contribution in [-0.2, 0) is 0 Å². The van der Waals surface area contributed by atoms with Crippen molar-refractivity contribution in [2.75, 3.05) is 19.5 Å². The molecule has 0 amide bonds. The van der Waals surface area contributed by atoms with E-state index in [1.54, 1.807) is 14.2 Å². The van der Waals surface area contributed by atoms with Crippen LogP contribution in [0.5, 0.6) is 11.5 Å². The molecule has 0 radical (unpaired) electrons. The van der Waals surface area contributed by atoms with Crippen molar-refractivity contribution in [2.45, 2.75) is 0 Å². The van der Waals surface area contributed by atoms with Gasteiger partial charge in [0.25, 0.3) is 0 Å². The number of hydrogen-bond donors (Lipinski definition) is 1. The fraction of sp³-hybridized carbons (Fsp3) is 0.118. The van der Waals surface area contributed by atoms with E-state index < -0.39 is 0 Å². The lowest BCUT2D eigenvalue weighted by molar-refractivity contribution is 0.358. The lowest BCUT2D eigenvalue weighted by Gasteiger charge is -2.08. The third-order valence-corrected chi connectivity index (χ3v) is 4.41. The van der Waals surface area contributed by atoms with E-state index in [1.165, 1.54) is 11.3 Å². The van der Waals surface area contributed by atoms with E-state index in [-0.39, 0.29) is 0 Å². The quantitative estimate of drug-likeness (QED) is 0.769. The predicted molar refractivity (Wildman–Crippen MR) is 89.4 cm³/mol. The summed E-state index contributed by atoms with van der Waals surface area (Å²) in [5.41, 5.74) is 1.51. The maximum atomic E-state index is 9.59. The van der Waals surface area contributed by atoms with Gasteiger partial charge >= 0.3 is 0 Å². The fourth-order valence-electron chi connectivity index (χ4n) is 2.35. The number of nitriles is 1. The standard InChI is InChI=1S/C17H14N2O2S/c1-20-13-8-9-14-15(16(13)21-2)12(10-18)17(22-14)19-11-6-4-3-5-7-11/h3-9,19H,1-2H3. The number of ether oxygens (including phenoxy) is 2. The maximum Gasteiger partial charge on any atom is 0.170 e. The summed E-state index contributed by atoms with van der Waals surface area (Å²) >= 11 is 1.52. The van der Waals surface area contributed by atoms with Crippen molar-refractivity contribution in [1.29, 1.82) is 5.26 Å². The second-order valence-electron chi connectivity index (χ2n) is 4.58. The summed E-state index contributed by atoms with van der Waals surface area (Å²) in [6, 6.07) is 15.8. The van der Waals surface area contributed by atoms with E-state index in [0.717, 1.165) is 20.8 Å². The molecule has 0 aliphatic carbocycles. The number of benzene rings is 2. The summed E-state index contributed by atoms with van der Waals surface area (Å²) in [6.45, 7) is 0. The molecule has 0 aliphatic rings. The Morgan fingerprint density at radius 2 is 1.82 bits per heavy atom. The monoisotopic (exact) mass is 310 g/mol. The Morgan fingerprint density at radius 3 is 2.45 bits per heavy atom. The number of hydrogen-bond acceptors (Lipinski definition) is 5. The van der Waals surface area contributed by atoms with Crippen LogP contribution >= 0.6 is 11.3 Å². The van der Waals surface area contributed by atoms with Crippen LogP contribution in [0.4, 0.5) is 10.7 Å². The van der Waals surface area contributed by atoms with Gasteiger partial charge in [-0.25, -0.2) is 0 Å². The van der Waals surface area contributed by atoms with Crippen molar-refractivity contribution in [1.82, 2.24) is 0 Å². The first-order valence-corrected chi connectivity index (χ1v) is 7.49. The highest BCUT2D eigenvalue weighted by molar-refractivity contribution is 7.23. The Labute approximate surface area is 132 Å². The highest BCUT2D eigenvalue weighted by Gasteiger charge is 2.19. The first-order chi connectivity index (χ1) is 10.8. The third kappa shape index (κ3) is 2.34. The van der Waals surface area contributed by atoms with Gasteiger partial charge in [-0.05, 0) is 24.3 Å². The van der Waals surface area contributed by atoms with Crippen molar-refractivity contribution in [3.05, 3.63) is 48.0 Å². The van der Waals surface area contributed by atoms with Gasteiger partial charge in [0.1, 0.15) is 11.1 Å². The van der Waals surface area contributed by atoms with Crippen LogP contribution in [0.15, 0.2) is 42.5 Å². The average molecular weight is 310 g/mol. The topological polar surface area (TPSA) is 54.3 Å². The summed E-state index contributed by atoms with van der Waals surface area (Å²) in [5.74, 6) is 1.21. The number of methoxy groups -OCH3 is 2. The molecular weight excluding hydrogens is 296 g/mol. The number of para-hydroxylation sites is 1. The number of rotatable bonds is 4. The second kappa shape index (κ2) is 5.96. The molecule has 0 atom stereocenters. The van der Waals surface area contributed by atoms with Crippen molar-refractivity contribution in [2.24, 2.45) is 0 Å². The van der Waals surface area contributed by atoms with Gasteiger partial charge in [-0.2, -0.15) is 5.26 Å². The maximum absolute atomic E-state index is 9.59. The minimum Gasteiger partial charge on any atom is -0.493 e. The number of thiophene rings is 1. The molecule has 2 aromatic carbocycles. The fourth-order valence-corrected chi connectivity index (χ4v) is 3.42. The molecule has 1 heterocycles. The SMILES string of the molecule is COc1ccc2sc(Nc3ccccc3)c(C#N)c2c1OC. The zero-order valence-electron chi connectivity index (χ0n) is 12.2. The number of nitrogens with one attached hydrogen (secondary N) is 1. The molecule has 1 N–H and O–H groups in total. The molecule has 0 saturated heterocycles. The molecule has 3 rings (SSSR count). The van der Waals surface area contributed by atoms with E-state index in [9.17, 15) is 5.26 Å². The predicted octanol–water partition coefficient (Wildman–Crippen LogP) is 4.53. The van der Waals surface area contributed by atoms with Gasteiger partial charge in [-0.15, -0.1) is 11.3 Å². The summed E-state index contributed by atoms with van der Waals surface area (Å²) in [6.07, 6.45) is 0. The first-order valence-electron chi connectivity index (χ1n) is 6.68. The molecule has 110 valence electrons. The van der Waals surface area contributed by atoms with Crippen molar-refractivity contribution >= 4 is 32.1 Å². The highest BCUT2D eigenvalue weighted by atomic mass is 32.1. The molecule has 0 aliphatic heterocycles. The molecule has 0 fully saturated rings. The average Bonchev–Trinajstić information content (AvgIpc) is 2.91. The number of nitrogens with zero attached hydrogens (tertiary/aromatic N) is 1. The Kier molecular flexibility index (Phi) is 3.86. The van der Waals surface area contributed by atoms with E-state index in [2.05, 4.69) is 11.4 Å². The van der Waals surface area contributed by atoms with Crippen LogP contribution in [0, 0.1) is 11.3 Å². The minimum atomic E-state index is 0.569. The summed E-state index contributed by atoms with van der Waals surface area (Å²) < 4.78 is 11.8. The van der Waals surface area contributed by atoms with E-state index in [4.69, 9.17) is 9.47 Å². The lowest BCUT2D eigenvalue weighted by atomic mass is 10.1. The van der Waals surface area contributed by atoms with Crippen LogP contribution in [0.25, 0.3) is 10.1 Å². The normalized spacial score (nSPS) is 10.2. The Hall–Kier alpha value is -2.71. The highest BCUT2D eigenvalue weighted by Crippen LogP contribution is 2.45. The minimum absolute atomic E-state index is 0.569. The Balaban J connectivity index is 2.19. The third-order valence-electron chi connectivity index (χ3n) is 3.34. The van der Waals surface area contributed by atoms with Crippen LogP contribution in [0.1, 0.15) is 5.56 Å². The molecule has 3 aromatic rings. The molecular formula is C17H14N2O2S. The van der Waals surface area contributed by atoms with Crippen LogP contribution in [-0.4, -0.2) is 14.2 Å². The van der Waals surface area contributed by atoms with Gasteiger partial charge in [0.05, 0.1) is 25.2 Å². The first kappa shape index (κ1) is 14.2. The van der Waals surface area contributed by atoms with Crippen molar-refractivity contribution in [3.8, 4) is 17.6 Å². The summed E-state index contributed by atoms with van der Waals surface area (Å²) in [4.78, 5) is 0. The largest absolute Gasteiger partial charge is 0.493 e. The van der Waals surface area contributed by atoms with Crippen LogP contribution in [0.3, 0.4) is 0 Å². The van der Waals surface area contributed by atoms with E-state index >= 15 is 0 Å². The van der Waals surface area contributed by atoms with Gasteiger partial charge < -0.3 is 14.8 Å². The van der Waals surface area contributed by atoms with E-state index in [0.29, 0.717) is 17.1 Å². The molecule has 0 unspecified atom stereocenters. The smallest absolute Gasteiger partial charge is 0.170 e. The van der Waals surface area contributed by atoms with Gasteiger partial charge in [0.2, 0.25) is 0 Å². The van der Waals surface area contributed by atoms with Crippen molar-refractivity contribution < 1.29 is 9.47 Å². The molecule has 0 bridgehead atoms. The van der Waals surface area contributed by atoms with Crippen molar-refractivity contribution in [3.63, 3.8) is 0 Å². The zero-order valence-corrected chi connectivity index (χ0v) is 13.0. The van der Waals surface area contributed by atoms with Gasteiger partial charge in [-0.1, -0.05) is 18.2 Å². The van der Waals surface area contributed by atoms with Crippen LogP contribution in [0.2, 0.25) is 0 Å². The number of fused-ring (bicyclic) bond motifs is 1. The van der Waals surface area contributed by atoms with Gasteiger partial charge in [0.15, 0.2) is 11.5 Å². The number of anilines is 2. The molecule has 0 saturated carbocycles. The molecule has 5 heteroatoms. The van der Waals surface area contributed by atoms with Crippen LogP contribution < -0.4 is 14.8 Å².